The molecule has 1 atom stereocenters. The van der Waals surface area contributed by atoms with E-state index in [1.165, 1.54) is 0 Å². The Bertz CT molecular complexity index is 188. The molecule has 0 spiro atoms. The van der Waals surface area contributed by atoms with Crippen molar-refractivity contribution in [2.75, 3.05) is 26.2 Å². The number of esters is 1. The van der Waals surface area contributed by atoms with Gasteiger partial charge in [0.1, 0.15) is 6.61 Å². The second kappa shape index (κ2) is 8.57. The van der Waals surface area contributed by atoms with Crippen molar-refractivity contribution in [1.29, 1.82) is 0 Å². The lowest BCUT2D eigenvalue weighted by atomic mass is 9.99. The number of likely N-dealkylation sites (N-methyl/N-ethyl adjacent to an activating group) is 1. The smallest absolute Gasteiger partial charge is 0.308 e. The van der Waals surface area contributed by atoms with Gasteiger partial charge in [0.15, 0.2) is 0 Å². The number of rotatable bonds is 8. The molecule has 0 saturated carbocycles. The van der Waals surface area contributed by atoms with Crippen molar-refractivity contribution in [2.45, 2.75) is 41.0 Å². The molecule has 16 heavy (non-hydrogen) atoms. The fourth-order valence-corrected chi connectivity index (χ4v) is 1.76. The van der Waals surface area contributed by atoms with Crippen LogP contribution >= 0.6 is 0 Å². The monoisotopic (exact) mass is 229 g/mol. The van der Waals surface area contributed by atoms with Crippen LogP contribution in [0.1, 0.15) is 41.0 Å². The van der Waals surface area contributed by atoms with E-state index in [4.69, 9.17) is 4.74 Å². The van der Waals surface area contributed by atoms with Crippen molar-refractivity contribution in [2.24, 2.45) is 11.8 Å². The molecule has 3 nitrogen and oxygen atoms in total. The molecule has 0 amide bonds. The van der Waals surface area contributed by atoms with E-state index in [1.807, 2.05) is 6.92 Å². The lowest BCUT2D eigenvalue weighted by molar-refractivity contribution is -0.148. The van der Waals surface area contributed by atoms with Gasteiger partial charge in [-0.15, -0.1) is 0 Å². The second-order valence-corrected chi connectivity index (χ2v) is 4.72. The Morgan fingerprint density at radius 2 is 1.75 bits per heavy atom. The lowest BCUT2D eigenvalue weighted by Gasteiger charge is -2.19. The molecule has 3 heteroatoms. The van der Waals surface area contributed by atoms with E-state index in [2.05, 4.69) is 32.6 Å². The molecule has 0 saturated heterocycles. The summed E-state index contributed by atoms with van der Waals surface area (Å²) in [4.78, 5) is 13.8. The first-order chi connectivity index (χ1) is 7.51. The number of hydrogen-bond acceptors (Lipinski definition) is 3. The van der Waals surface area contributed by atoms with E-state index in [1.54, 1.807) is 0 Å². The van der Waals surface area contributed by atoms with Crippen LogP contribution in [-0.2, 0) is 9.53 Å². The standard InChI is InChI=1S/C13H27NO2/c1-6-14(7-2)8-9-16-13(15)12(5)10-11(3)4/h11-12H,6-10H2,1-5H3. The van der Waals surface area contributed by atoms with Gasteiger partial charge in [0.25, 0.3) is 0 Å². The Morgan fingerprint density at radius 1 is 1.19 bits per heavy atom. The summed E-state index contributed by atoms with van der Waals surface area (Å²) in [6.07, 6.45) is 0.907. The third-order valence-corrected chi connectivity index (χ3v) is 2.77. The van der Waals surface area contributed by atoms with E-state index in [0.717, 1.165) is 26.1 Å². The summed E-state index contributed by atoms with van der Waals surface area (Å²) in [5, 5.41) is 0. The van der Waals surface area contributed by atoms with E-state index >= 15 is 0 Å². The summed E-state index contributed by atoms with van der Waals surface area (Å²) in [6, 6.07) is 0. The van der Waals surface area contributed by atoms with Crippen LogP contribution in [0.25, 0.3) is 0 Å². The van der Waals surface area contributed by atoms with Crippen LogP contribution in [0.15, 0.2) is 0 Å². The maximum atomic E-state index is 11.6. The highest BCUT2D eigenvalue weighted by Crippen LogP contribution is 2.12. The Morgan fingerprint density at radius 3 is 2.19 bits per heavy atom. The number of ether oxygens (including phenoxy) is 1. The second-order valence-electron chi connectivity index (χ2n) is 4.72. The molecule has 1 unspecified atom stereocenters. The van der Waals surface area contributed by atoms with E-state index in [0.29, 0.717) is 12.5 Å². The van der Waals surface area contributed by atoms with Crippen molar-refractivity contribution >= 4 is 5.97 Å². The Hall–Kier alpha value is -0.570. The minimum atomic E-state index is -0.0548. The first-order valence-corrected chi connectivity index (χ1v) is 6.40. The van der Waals surface area contributed by atoms with Gasteiger partial charge in [0.2, 0.25) is 0 Å². The number of carbonyl (C=O) groups excluding carboxylic acids is 1. The number of carbonyl (C=O) groups is 1. The fraction of sp³-hybridized carbons (Fsp3) is 0.923. The average molecular weight is 229 g/mol. The zero-order valence-electron chi connectivity index (χ0n) is 11.5. The van der Waals surface area contributed by atoms with Crippen molar-refractivity contribution in [3.05, 3.63) is 0 Å². The minimum Gasteiger partial charge on any atom is -0.464 e. The van der Waals surface area contributed by atoms with Gasteiger partial charge in [0.05, 0.1) is 5.92 Å². The van der Waals surface area contributed by atoms with Crippen LogP contribution in [-0.4, -0.2) is 37.1 Å². The van der Waals surface area contributed by atoms with Gasteiger partial charge in [-0.3, -0.25) is 4.79 Å². The van der Waals surface area contributed by atoms with Gasteiger partial charge in [-0.05, 0) is 25.4 Å². The lowest BCUT2D eigenvalue weighted by Crippen LogP contribution is -2.29. The molecule has 0 N–H and O–H groups in total. The molecule has 0 aromatic carbocycles. The van der Waals surface area contributed by atoms with E-state index < -0.39 is 0 Å². The highest BCUT2D eigenvalue weighted by atomic mass is 16.5. The summed E-state index contributed by atoms with van der Waals surface area (Å²) in [5.41, 5.74) is 0. The molecule has 0 fully saturated rings. The van der Waals surface area contributed by atoms with Crippen molar-refractivity contribution < 1.29 is 9.53 Å². The largest absolute Gasteiger partial charge is 0.464 e. The van der Waals surface area contributed by atoms with Gasteiger partial charge < -0.3 is 9.64 Å². The molecule has 0 heterocycles. The van der Waals surface area contributed by atoms with E-state index in [9.17, 15) is 4.79 Å². The van der Waals surface area contributed by atoms with Gasteiger partial charge >= 0.3 is 5.97 Å². The summed E-state index contributed by atoms with van der Waals surface area (Å²) < 4.78 is 5.26. The molecule has 96 valence electrons. The van der Waals surface area contributed by atoms with Crippen LogP contribution in [0.3, 0.4) is 0 Å². The van der Waals surface area contributed by atoms with Gasteiger partial charge in [-0.25, -0.2) is 0 Å². The molecule has 0 aromatic rings. The molecule has 0 bridgehead atoms. The predicted molar refractivity (Wildman–Crippen MR) is 67.4 cm³/mol. The minimum absolute atomic E-state index is 0.0247. The topological polar surface area (TPSA) is 29.5 Å². The van der Waals surface area contributed by atoms with Crippen molar-refractivity contribution in [1.82, 2.24) is 4.90 Å². The van der Waals surface area contributed by atoms with Crippen LogP contribution in [0.2, 0.25) is 0 Å². The Labute approximate surface area is 100 Å². The quantitative estimate of drug-likeness (QED) is 0.599. The Balaban J connectivity index is 3.72. The van der Waals surface area contributed by atoms with Crippen LogP contribution in [0, 0.1) is 11.8 Å². The number of hydrogen-bond donors (Lipinski definition) is 0. The first-order valence-electron chi connectivity index (χ1n) is 6.40. The normalized spacial score (nSPS) is 13.2. The summed E-state index contributed by atoms with van der Waals surface area (Å²) in [6.45, 7) is 13.8. The zero-order chi connectivity index (χ0) is 12.6. The third kappa shape index (κ3) is 6.83. The number of nitrogens with zero attached hydrogens (tertiary/aromatic N) is 1. The molecule has 0 radical (unpaired) electrons. The SMILES string of the molecule is CCN(CC)CCOC(=O)C(C)CC(C)C. The predicted octanol–water partition coefficient (Wildman–Crippen LogP) is 2.55. The zero-order valence-corrected chi connectivity index (χ0v) is 11.5. The van der Waals surface area contributed by atoms with Gasteiger partial charge in [0, 0.05) is 6.54 Å². The van der Waals surface area contributed by atoms with Crippen molar-refractivity contribution in [3.63, 3.8) is 0 Å². The van der Waals surface area contributed by atoms with E-state index in [-0.39, 0.29) is 11.9 Å². The fourth-order valence-electron chi connectivity index (χ4n) is 1.76. The van der Waals surface area contributed by atoms with Crippen molar-refractivity contribution in [3.8, 4) is 0 Å². The maximum absolute atomic E-state index is 11.6. The highest BCUT2D eigenvalue weighted by molar-refractivity contribution is 5.71. The summed E-state index contributed by atoms with van der Waals surface area (Å²) in [5.74, 6) is 0.517. The van der Waals surface area contributed by atoms with Crippen LogP contribution in [0.5, 0.6) is 0 Å². The summed E-state index contributed by atoms with van der Waals surface area (Å²) >= 11 is 0. The van der Waals surface area contributed by atoms with Gasteiger partial charge in [-0.1, -0.05) is 34.6 Å². The first kappa shape index (κ1) is 15.4. The van der Waals surface area contributed by atoms with Crippen LogP contribution in [0.4, 0.5) is 0 Å². The molecular weight excluding hydrogens is 202 g/mol. The summed E-state index contributed by atoms with van der Waals surface area (Å²) in [7, 11) is 0. The molecule has 0 aliphatic carbocycles. The third-order valence-electron chi connectivity index (χ3n) is 2.77. The maximum Gasteiger partial charge on any atom is 0.308 e. The molecule has 0 rings (SSSR count). The Kier molecular flexibility index (Phi) is 8.26. The molecule has 0 aliphatic rings. The molecule has 0 aliphatic heterocycles. The average Bonchev–Trinajstić information content (AvgIpc) is 2.23. The molecule has 0 aromatic heterocycles. The highest BCUT2D eigenvalue weighted by Gasteiger charge is 2.15. The van der Waals surface area contributed by atoms with Crippen LogP contribution < -0.4 is 0 Å². The van der Waals surface area contributed by atoms with Gasteiger partial charge in [-0.2, -0.15) is 0 Å². The molecular formula is C13H27NO2.